The first-order valence-corrected chi connectivity index (χ1v) is 8.16. The molecule has 0 radical (unpaired) electrons. The van der Waals surface area contributed by atoms with Crippen LogP contribution in [0.25, 0.3) is 16.6 Å². The van der Waals surface area contributed by atoms with Gasteiger partial charge in [0.25, 0.3) is 0 Å². The van der Waals surface area contributed by atoms with E-state index in [4.69, 9.17) is 11.6 Å². The van der Waals surface area contributed by atoms with Gasteiger partial charge in [0.1, 0.15) is 0 Å². The van der Waals surface area contributed by atoms with E-state index in [0.29, 0.717) is 10.5 Å². The average molecular weight is 307 g/mol. The predicted octanol–water partition coefficient (Wildman–Crippen LogP) is 3.08. The van der Waals surface area contributed by atoms with Crippen molar-refractivity contribution in [1.82, 2.24) is 9.78 Å². The van der Waals surface area contributed by atoms with Crippen LogP contribution < -0.4 is 0 Å². The maximum absolute atomic E-state index is 11.5. The third kappa shape index (κ3) is 2.42. The minimum absolute atomic E-state index is 0.270. The van der Waals surface area contributed by atoms with Gasteiger partial charge in [-0.2, -0.15) is 5.10 Å². The maximum atomic E-state index is 11.5. The van der Waals surface area contributed by atoms with Gasteiger partial charge in [0.2, 0.25) is 0 Å². The van der Waals surface area contributed by atoms with Crippen LogP contribution in [0.2, 0.25) is 5.02 Å². The van der Waals surface area contributed by atoms with E-state index in [1.165, 1.54) is 6.26 Å². The fourth-order valence-electron chi connectivity index (χ4n) is 1.95. The first kappa shape index (κ1) is 13.1. The summed E-state index contributed by atoms with van der Waals surface area (Å²) in [5, 5.41) is 5.93. The molecule has 20 heavy (non-hydrogen) atoms. The number of aromatic nitrogens is 2. The summed E-state index contributed by atoms with van der Waals surface area (Å²) in [5.74, 6) is 0. The third-order valence-electron chi connectivity index (χ3n) is 3.00. The van der Waals surface area contributed by atoms with Crippen LogP contribution in [0.4, 0.5) is 0 Å². The largest absolute Gasteiger partial charge is 0.240 e. The van der Waals surface area contributed by atoms with E-state index < -0.39 is 9.84 Å². The zero-order chi connectivity index (χ0) is 14.3. The lowest BCUT2D eigenvalue weighted by Gasteiger charge is -1.99. The molecule has 0 bridgehead atoms. The highest BCUT2D eigenvalue weighted by molar-refractivity contribution is 7.90. The average Bonchev–Trinajstić information content (AvgIpc) is 2.81. The molecular weight excluding hydrogens is 296 g/mol. The first-order chi connectivity index (χ1) is 9.43. The Balaban J connectivity index is 2.13. The minimum Gasteiger partial charge on any atom is -0.240 e. The molecular formula is C14H11ClN2O2S. The van der Waals surface area contributed by atoms with Crippen molar-refractivity contribution in [3.63, 3.8) is 0 Å². The van der Waals surface area contributed by atoms with E-state index in [9.17, 15) is 8.42 Å². The fourth-order valence-corrected chi connectivity index (χ4v) is 2.72. The Morgan fingerprint density at radius 3 is 2.45 bits per heavy atom. The van der Waals surface area contributed by atoms with Crippen molar-refractivity contribution in [2.45, 2.75) is 4.90 Å². The molecule has 0 atom stereocenters. The molecule has 0 fully saturated rings. The molecule has 4 nitrogen and oxygen atoms in total. The molecule has 1 aromatic heterocycles. The van der Waals surface area contributed by atoms with Gasteiger partial charge in [-0.3, -0.25) is 0 Å². The fraction of sp³-hybridized carbons (Fsp3) is 0.0714. The molecule has 102 valence electrons. The maximum Gasteiger partial charge on any atom is 0.175 e. The summed E-state index contributed by atoms with van der Waals surface area (Å²) in [6.45, 7) is 0. The highest BCUT2D eigenvalue weighted by atomic mass is 35.5. The molecule has 0 aliphatic carbocycles. The van der Waals surface area contributed by atoms with Crippen molar-refractivity contribution in [2.75, 3.05) is 6.26 Å². The number of sulfone groups is 1. The molecule has 0 saturated carbocycles. The van der Waals surface area contributed by atoms with Gasteiger partial charge in [-0.25, -0.2) is 13.1 Å². The monoisotopic (exact) mass is 306 g/mol. The van der Waals surface area contributed by atoms with E-state index in [-0.39, 0.29) is 4.90 Å². The molecule has 0 saturated heterocycles. The van der Waals surface area contributed by atoms with Gasteiger partial charge in [0, 0.05) is 22.9 Å². The first-order valence-electron chi connectivity index (χ1n) is 5.89. The SMILES string of the molecule is CS(=O)(=O)c1ccc2cn(-c3ccc(Cl)cc3)nc2c1. The Bertz CT molecular complexity index is 883. The molecule has 0 amide bonds. The van der Waals surface area contributed by atoms with Gasteiger partial charge in [0.05, 0.1) is 16.1 Å². The quantitative estimate of drug-likeness (QED) is 0.731. The van der Waals surface area contributed by atoms with Crippen molar-refractivity contribution in [3.05, 3.63) is 53.7 Å². The molecule has 6 heteroatoms. The Kier molecular flexibility index (Phi) is 3.03. The zero-order valence-electron chi connectivity index (χ0n) is 10.6. The highest BCUT2D eigenvalue weighted by Gasteiger charge is 2.10. The summed E-state index contributed by atoms with van der Waals surface area (Å²) in [6.07, 6.45) is 3.04. The van der Waals surface area contributed by atoms with Crippen LogP contribution in [0.1, 0.15) is 0 Å². The van der Waals surface area contributed by atoms with Gasteiger partial charge in [-0.15, -0.1) is 0 Å². The number of fused-ring (bicyclic) bond motifs is 1. The molecule has 0 aliphatic rings. The molecule has 3 rings (SSSR count). The van der Waals surface area contributed by atoms with Crippen LogP contribution in [-0.4, -0.2) is 24.5 Å². The smallest absolute Gasteiger partial charge is 0.175 e. The number of nitrogens with zero attached hydrogens (tertiary/aromatic N) is 2. The second-order valence-corrected chi connectivity index (χ2v) is 7.00. The van der Waals surface area contributed by atoms with Crippen molar-refractivity contribution < 1.29 is 8.42 Å². The number of benzene rings is 2. The van der Waals surface area contributed by atoms with E-state index in [1.807, 2.05) is 18.3 Å². The van der Waals surface area contributed by atoms with Crippen LogP contribution in [0.5, 0.6) is 0 Å². The van der Waals surface area contributed by atoms with Crippen LogP contribution in [-0.2, 0) is 9.84 Å². The van der Waals surface area contributed by atoms with Gasteiger partial charge >= 0.3 is 0 Å². The Hall–Kier alpha value is -1.85. The van der Waals surface area contributed by atoms with Crippen molar-refractivity contribution >= 4 is 32.3 Å². The Labute approximate surface area is 121 Å². The van der Waals surface area contributed by atoms with E-state index in [2.05, 4.69) is 5.10 Å². The van der Waals surface area contributed by atoms with Gasteiger partial charge < -0.3 is 0 Å². The van der Waals surface area contributed by atoms with Crippen LogP contribution in [0.15, 0.2) is 53.6 Å². The number of rotatable bonds is 2. The van der Waals surface area contributed by atoms with E-state index in [0.717, 1.165) is 11.1 Å². The summed E-state index contributed by atoms with van der Waals surface area (Å²) >= 11 is 5.85. The van der Waals surface area contributed by atoms with Crippen LogP contribution in [0.3, 0.4) is 0 Å². The van der Waals surface area contributed by atoms with Gasteiger partial charge in [-0.05, 0) is 42.5 Å². The predicted molar refractivity (Wildman–Crippen MR) is 79.2 cm³/mol. The van der Waals surface area contributed by atoms with Crippen molar-refractivity contribution in [2.24, 2.45) is 0 Å². The lowest BCUT2D eigenvalue weighted by atomic mass is 10.2. The van der Waals surface area contributed by atoms with Crippen molar-refractivity contribution in [3.8, 4) is 5.69 Å². The van der Waals surface area contributed by atoms with Crippen molar-refractivity contribution in [1.29, 1.82) is 0 Å². The number of halogens is 1. The minimum atomic E-state index is -3.22. The number of hydrogen-bond donors (Lipinski definition) is 0. The molecule has 1 heterocycles. The van der Waals surface area contributed by atoms with Gasteiger partial charge in [-0.1, -0.05) is 11.6 Å². The molecule has 0 unspecified atom stereocenters. The Morgan fingerprint density at radius 2 is 1.80 bits per heavy atom. The highest BCUT2D eigenvalue weighted by Crippen LogP contribution is 2.20. The molecule has 3 aromatic rings. The lowest BCUT2D eigenvalue weighted by molar-refractivity contribution is 0.602. The van der Waals surface area contributed by atoms with Crippen LogP contribution >= 0.6 is 11.6 Å². The second-order valence-electron chi connectivity index (χ2n) is 4.54. The van der Waals surface area contributed by atoms with E-state index >= 15 is 0 Å². The molecule has 0 spiro atoms. The summed E-state index contributed by atoms with van der Waals surface area (Å²) in [7, 11) is -3.22. The van der Waals surface area contributed by atoms with Crippen LogP contribution in [0, 0.1) is 0 Å². The summed E-state index contributed by atoms with van der Waals surface area (Å²) in [5.41, 5.74) is 1.51. The molecule has 0 N–H and O–H groups in total. The topological polar surface area (TPSA) is 52.0 Å². The molecule has 2 aromatic carbocycles. The zero-order valence-corrected chi connectivity index (χ0v) is 12.2. The van der Waals surface area contributed by atoms with E-state index in [1.54, 1.807) is 35.0 Å². The molecule has 0 aliphatic heterocycles. The third-order valence-corrected chi connectivity index (χ3v) is 4.36. The standard InChI is InChI=1S/C14H11ClN2O2S/c1-20(18,19)13-7-2-10-9-17(16-14(10)8-13)12-5-3-11(15)4-6-12/h2-9H,1H3. The summed E-state index contributed by atoms with van der Waals surface area (Å²) in [6, 6.07) is 12.2. The normalized spacial score (nSPS) is 11.9. The second kappa shape index (κ2) is 4.61. The van der Waals surface area contributed by atoms with Gasteiger partial charge in [0.15, 0.2) is 9.84 Å². The summed E-state index contributed by atoms with van der Waals surface area (Å²) in [4.78, 5) is 0.270. The summed E-state index contributed by atoms with van der Waals surface area (Å²) < 4.78 is 24.8. The Morgan fingerprint density at radius 1 is 1.10 bits per heavy atom. The lowest BCUT2D eigenvalue weighted by Crippen LogP contribution is -1.96. The number of hydrogen-bond acceptors (Lipinski definition) is 3.